The van der Waals surface area contributed by atoms with E-state index in [0.29, 0.717) is 12.6 Å². The van der Waals surface area contributed by atoms with Crippen LogP contribution in [0, 0.1) is 6.92 Å². The summed E-state index contributed by atoms with van der Waals surface area (Å²) in [5, 5.41) is 4.41. The average Bonchev–Trinajstić information content (AvgIpc) is 3.41. The van der Waals surface area contributed by atoms with E-state index in [0.717, 1.165) is 47.7 Å². The van der Waals surface area contributed by atoms with Crippen molar-refractivity contribution in [1.82, 2.24) is 14.8 Å². The van der Waals surface area contributed by atoms with E-state index in [-0.39, 0.29) is 5.91 Å². The lowest BCUT2D eigenvalue weighted by Gasteiger charge is -2.32. The lowest BCUT2D eigenvalue weighted by molar-refractivity contribution is -0.122. The number of hydrogen-bond donors (Lipinski definition) is 1. The van der Waals surface area contributed by atoms with Gasteiger partial charge in [0, 0.05) is 46.2 Å². The number of nitrogens with one attached hydrogen (secondary N) is 1. The quantitative estimate of drug-likeness (QED) is 0.868. The molecule has 1 aromatic carbocycles. The van der Waals surface area contributed by atoms with Crippen LogP contribution in [0.5, 0.6) is 0 Å². The number of amides is 1. The van der Waals surface area contributed by atoms with Crippen LogP contribution in [0.3, 0.4) is 0 Å². The van der Waals surface area contributed by atoms with Crippen molar-refractivity contribution in [1.29, 1.82) is 0 Å². The van der Waals surface area contributed by atoms with E-state index in [4.69, 9.17) is 0 Å². The second-order valence-corrected chi connectivity index (χ2v) is 7.90. The fourth-order valence-electron chi connectivity index (χ4n) is 3.86. The monoisotopic (exact) mass is 389 g/mol. The first kappa shape index (κ1) is 16.2. The highest BCUT2D eigenvalue weighted by Gasteiger charge is 2.32. The highest BCUT2D eigenvalue weighted by Crippen LogP contribution is 2.31. The Kier molecular flexibility index (Phi) is 4.39. The third-order valence-corrected chi connectivity index (χ3v) is 6.41. The first-order valence-electron chi connectivity index (χ1n) is 8.90. The standard InChI is InChI=1S/C19H24BrN3O/c1-13-19(20)16-4-2-3-5-17(16)23(13)12-18(24)21-14-8-10-22(11-9-14)15-6-7-15/h2-5,14-15H,6-12H2,1H3,(H,21,24). The third kappa shape index (κ3) is 3.11. The summed E-state index contributed by atoms with van der Waals surface area (Å²) in [4.78, 5) is 15.1. The Bertz CT molecular complexity index is 757. The van der Waals surface area contributed by atoms with Gasteiger partial charge in [0.15, 0.2) is 0 Å². The molecule has 24 heavy (non-hydrogen) atoms. The number of likely N-dealkylation sites (tertiary alicyclic amines) is 1. The number of rotatable bonds is 4. The molecule has 5 heteroatoms. The average molecular weight is 390 g/mol. The van der Waals surface area contributed by atoms with Crippen molar-refractivity contribution >= 4 is 32.7 Å². The van der Waals surface area contributed by atoms with Gasteiger partial charge >= 0.3 is 0 Å². The Hall–Kier alpha value is -1.33. The summed E-state index contributed by atoms with van der Waals surface area (Å²) in [5.74, 6) is 0.122. The number of carbonyl (C=O) groups excluding carboxylic acids is 1. The maximum Gasteiger partial charge on any atom is 0.240 e. The molecule has 2 aliphatic rings. The summed E-state index contributed by atoms with van der Waals surface area (Å²) >= 11 is 3.66. The van der Waals surface area contributed by atoms with Crippen molar-refractivity contribution in [3.8, 4) is 0 Å². The van der Waals surface area contributed by atoms with Crippen LogP contribution in [-0.2, 0) is 11.3 Å². The van der Waals surface area contributed by atoms with Gasteiger partial charge in [-0.15, -0.1) is 0 Å². The summed E-state index contributed by atoms with van der Waals surface area (Å²) in [6, 6.07) is 9.40. The number of nitrogens with zero attached hydrogens (tertiary/aromatic N) is 2. The van der Waals surface area contributed by atoms with Gasteiger partial charge in [0.2, 0.25) is 5.91 Å². The van der Waals surface area contributed by atoms with Crippen molar-refractivity contribution in [3.63, 3.8) is 0 Å². The summed E-state index contributed by atoms with van der Waals surface area (Å²) in [6.07, 6.45) is 4.90. The predicted molar refractivity (Wildman–Crippen MR) is 100 cm³/mol. The van der Waals surface area contributed by atoms with Gasteiger partial charge in [-0.3, -0.25) is 4.79 Å². The summed E-state index contributed by atoms with van der Waals surface area (Å²) in [5.41, 5.74) is 2.22. The van der Waals surface area contributed by atoms with Gasteiger partial charge in [0.05, 0.1) is 0 Å². The molecule has 4 nitrogen and oxygen atoms in total. The van der Waals surface area contributed by atoms with Crippen molar-refractivity contribution in [2.75, 3.05) is 13.1 Å². The van der Waals surface area contributed by atoms with Crippen molar-refractivity contribution in [2.24, 2.45) is 0 Å². The summed E-state index contributed by atoms with van der Waals surface area (Å²) < 4.78 is 3.19. The van der Waals surface area contributed by atoms with Gasteiger partial charge in [-0.25, -0.2) is 0 Å². The maximum atomic E-state index is 12.6. The Labute approximate surface area is 151 Å². The minimum absolute atomic E-state index is 0.122. The number of para-hydroxylation sites is 1. The van der Waals surface area contributed by atoms with E-state index in [1.54, 1.807) is 0 Å². The van der Waals surface area contributed by atoms with Gasteiger partial charge in [-0.2, -0.15) is 0 Å². The number of fused-ring (bicyclic) bond motifs is 1. The van der Waals surface area contributed by atoms with E-state index in [1.807, 2.05) is 12.1 Å². The highest BCUT2D eigenvalue weighted by molar-refractivity contribution is 9.10. The number of piperidine rings is 1. The molecular formula is C19H24BrN3O. The SMILES string of the molecule is Cc1c(Br)c2ccccc2n1CC(=O)NC1CCN(C2CC2)CC1. The third-order valence-electron chi connectivity index (χ3n) is 5.41. The number of carbonyl (C=O) groups is 1. The predicted octanol–water partition coefficient (Wildman–Crippen LogP) is 3.46. The molecule has 0 unspecified atom stereocenters. The molecule has 2 fully saturated rings. The van der Waals surface area contributed by atoms with Crippen molar-refractivity contribution < 1.29 is 4.79 Å². The molecule has 0 atom stereocenters. The van der Waals surface area contributed by atoms with E-state index in [1.165, 1.54) is 18.2 Å². The van der Waals surface area contributed by atoms with Crippen LogP contribution in [0.2, 0.25) is 0 Å². The van der Waals surface area contributed by atoms with Crippen LogP contribution < -0.4 is 5.32 Å². The molecule has 1 aliphatic heterocycles. The normalized spacial score (nSPS) is 19.8. The Morgan fingerprint density at radius 3 is 2.62 bits per heavy atom. The molecule has 1 aliphatic carbocycles. The second-order valence-electron chi connectivity index (χ2n) is 7.11. The molecule has 1 saturated heterocycles. The molecule has 1 aromatic heterocycles. The smallest absolute Gasteiger partial charge is 0.240 e. The van der Waals surface area contributed by atoms with Crippen LogP contribution >= 0.6 is 15.9 Å². The highest BCUT2D eigenvalue weighted by atomic mass is 79.9. The molecule has 2 aromatic rings. The molecular weight excluding hydrogens is 366 g/mol. The largest absolute Gasteiger partial charge is 0.352 e. The van der Waals surface area contributed by atoms with Gasteiger partial charge < -0.3 is 14.8 Å². The maximum absolute atomic E-state index is 12.6. The Balaban J connectivity index is 1.40. The van der Waals surface area contributed by atoms with E-state index in [2.05, 4.69) is 49.8 Å². The molecule has 1 amide bonds. The van der Waals surface area contributed by atoms with Crippen LogP contribution in [0.25, 0.3) is 10.9 Å². The minimum Gasteiger partial charge on any atom is -0.352 e. The number of aromatic nitrogens is 1. The zero-order chi connectivity index (χ0) is 16.7. The van der Waals surface area contributed by atoms with Gasteiger partial charge in [-0.1, -0.05) is 18.2 Å². The number of benzene rings is 1. The lowest BCUT2D eigenvalue weighted by Crippen LogP contribution is -2.46. The second kappa shape index (κ2) is 6.52. The fourth-order valence-corrected chi connectivity index (χ4v) is 4.41. The van der Waals surface area contributed by atoms with Crippen molar-refractivity contribution in [2.45, 2.75) is 51.2 Å². The van der Waals surface area contributed by atoms with Crippen LogP contribution in [-0.4, -0.2) is 40.5 Å². The van der Waals surface area contributed by atoms with Gasteiger partial charge in [0.25, 0.3) is 0 Å². The van der Waals surface area contributed by atoms with Crippen LogP contribution in [0.15, 0.2) is 28.7 Å². The molecule has 2 heterocycles. The lowest BCUT2D eigenvalue weighted by atomic mass is 10.0. The fraction of sp³-hybridized carbons (Fsp3) is 0.526. The zero-order valence-corrected chi connectivity index (χ0v) is 15.7. The van der Waals surface area contributed by atoms with Crippen LogP contribution in [0.4, 0.5) is 0 Å². The molecule has 1 saturated carbocycles. The topological polar surface area (TPSA) is 37.3 Å². The molecule has 0 bridgehead atoms. The first-order chi connectivity index (χ1) is 11.6. The van der Waals surface area contributed by atoms with Gasteiger partial charge in [-0.05, 0) is 54.6 Å². The van der Waals surface area contributed by atoms with Gasteiger partial charge in [0.1, 0.15) is 6.54 Å². The molecule has 128 valence electrons. The molecule has 0 spiro atoms. The van der Waals surface area contributed by atoms with Crippen molar-refractivity contribution in [3.05, 3.63) is 34.4 Å². The van der Waals surface area contributed by atoms with E-state index < -0.39 is 0 Å². The summed E-state index contributed by atoms with van der Waals surface area (Å²) in [7, 11) is 0. The zero-order valence-electron chi connectivity index (χ0n) is 14.1. The molecule has 4 rings (SSSR count). The number of halogens is 1. The molecule has 0 radical (unpaired) electrons. The molecule has 1 N–H and O–H groups in total. The minimum atomic E-state index is 0.122. The Morgan fingerprint density at radius 1 is 1.21 bits per heavy atom. The first-order valence-corrected chi connectivity index (χ1v) is 9.69. The van der Waals surface area contributed by atoms with Crippen LogP contribution in [0.1, 0.15) is 31.4 Å². The summed E-state index contributed by atoms with van der Waals surface area (Å²) in [6.45, 7) is 4.71. The van der Waals surface area contributed by atoms with E-state index in [9.17, 15) is 4.79 Å². The number of hydrogen-bond acceptors (Lipinski definition) is 2. The van der Waals surface area contributed by atoms with E-state index >= 15 is 0 Å². The Morgan fingerprint density at radius 2 is 1.92 bits per heavy atom.